The molecule has 0 atom stereocenters. The highest BCUT2D eigenvalue weighted by Crippen LogP contribution is 2.50. The number of hydrogen-bond donors (Lipinski definition) is 8. The third-order valence-corrected chi connectivity index (χ3v) is 14.1. The maximum absolute atomic E-state index is 13.8. The van der Waals surface area contributed by atoms with Gasteiger partial charge in [0.1, 0.15) is 6.54 Å². The second-order valence-electron chi connectivity index (χ2n) is 17.0. The van der Waals surface area contributed by atoms with Gasteiger partial charge in [-0.3, -0.25) is 37.4 Å². The van der Waals surface area contributed by atoms with Gasteiger partial charge in [-0.15, -0.1) is 0 Å². The largest absolute Gasteiger partial charge is 0.481 e. The molecule has 0 radical (unpaired) electrons. The highest BCUT2D eigenvalue weighted by molar-refractivity contribution is 7.86. The van der Waals surface area contributed by atoms with Crippen molar-refractivity contribution in [2.45, 2.75) is 64.2 Å². The van der Waals surface area contributed by atoms with Crippen molar-refractivity contribution in [2.75, 3.05) is 60.6 Å². The van der Waals surface area contributed by atoms with E-state index in [1.807, 2.05) is 18.4 Å². The van der Waals surface area contributed by atoms with Crippen molar-refractivity contribution < 1.29 is 80.7 Å². The summed E-state index contributed by atoms with van der Waals surface area (Å²) < 4.78 is 132. The van der Waals surface area contributed by atoms with Crippen LogP contribution in [-0.2, 0) is 56.1 Å². The first-order valence-electron chi connectivity index (χ1n) is 21.0. The van der Waals surface area contributed by atoms with Crippen molar-refractivity contribution in [1.29, 1.82) is 0 Å². The maximum atomic E-state index is 13.8. The molecule has 2 heterocycles. The Balaban J connectivity index is 1.81. The highest BCUT2D eigenvalue weighted by Gasteiger charge is 2.47. The number of aliphatic carboxylic acids is 1. The van der Waals surface area contributed by atoms with Crippen LogP contribution in [0.25, 0.3) is 0 Å². The number of nitrogens with one attached hydrogen (secondary N) is 3. The quantitative estimate of drug-likeness (QED) is 0.0323. The molecule has 0 saturated heterocycles. The number of carbonyl (C=O) groups excluding carboxylic acids is 3. The SMILES string of the molecule is CC1(C)C(/C=C/C=C/C=C2/N(CCCS(=O)(=O)O)c3cc(C(=O)NCCS(=O)(=O)O)cc(C(=O)NCCS(=O)(=O)O)c3C2(C)C)=[N+](CCCS(=O)(=O)O)c2cccc(C(=O)NCCCC(=O)O)c21. The van der Waals surface area contributed by atoms with Gasteiger partial charge < -0.3 is 26.0 Å². The van der Waals surface area contributed by atoms with E-state index >= 15 is 0 Å². The maximum Gasteiger partial charge on any atom is 0.303 e. The zero-order valence-electron chi connectivity index (χ0n) is 37.6. The standard InChI is InChI=1S/C42H55N5O17S4/c1-41(2)33(46(20-10-22-65(53,54)55)31-13-8-12-29(36(31)41)39(51)43-17-9-16-35(48)49)14-6-5-7-15-34-42(3,4)37-30(40(52)45-19-25-68(62,63)64)26-28(38(50)44-18-24-67(59,60)61)27-32(37)47(34)21-11-23-66(56,57)58/h5-8,12-15,26-27H,9-11,16-25H2,1-4H3,(H7-,43,44,45,48,49,50,51,52,53,54,55,56,57,58,59,60,61,62,63,64)/p+1. The zero-order valence-corrected chi connectivity index (χ0v) is 40.9. The molecular formula is C42H56N5O17S4+. The number of amides is 3. The first kappa shape index (κ1) is 55.2. The summed E-state index contributed by atoms with van der Waals surface area (Å²) >= 11 is 0. The number of rotatable bonds is 24. The summed E-state index contributed by atoms with van der Waals surface area (Å²) in [6.45, 7) is 6.25. The Hall–Kier alpha value is -5.35. The predicted octanol–water partition coefficient (Wildman–Crippen LogP) is 2.24. The van der Waals surface area contributed by atoms with Gasteiger partial charge in [-0.2, -0.15) is 38.2 Å². The molecule has 2 aliphatic rings. The van der Waals surface area contributed by atoms with E-state index in [2.05, 4.69) is 16.0 Å². The summed E-state index contributed by atoms with van der Waals surface area (Å²) in [5, 5.41) is 16.5. The van der Waals surface area contributed by atoms with Crippen LogP contribution in [0.3, 0.4) is 0 Å². The summed E-state index contributed by atoms with van der Waals surface area (Å²) in [6.07, 6.45) is 8.24. The molecule has 0 aliphatic carbocycles. The number of carboxylic acids is 1. The van der Waals surface area contributed by atoms with Crippen LogP contribution < -0.4 is 20.9 Å². The fourth-order valence-electron chi connectivity index (χ4n) is 8.18. The van der Waals surface area contributed by atoms with E-state index in [-0.39, 0.29) is 62.1 Å². The minimum absolute atomic E-state index is 0.0107. The number of nitrogens with zero attached hydrogens (tertiary/aromatic N) is 2. The van der Waals surface area contributed by atoms with Crippen LogP contribution in [-0.4, -0.2) is 147 Å². The van der Waals surface area contributed by atoms with Crippen LogP contribution in [0.4, 0.5) is 11.4 Å². The summed E-state index contributed by atoms with van der Waals surface area (Å²) in [7, 11) is -17.7. The summed E-state index contributed by atoms with van der Waals surface area (Å²) in [6, 6.07) is 7.62. The zero-order chi connectivity index (χ0) is 51.0. The minimum atomic E-state index is -4.50. The Labute approximate surface area is 395 Å². The topological polar surface area (TPSA) is 348 Å². The normalized spacial score (nSPS) is 16.4. The van der Waals surface area contributed by atoms with E-state index in [4.69, 9.17) is 5.11 Å². The molecule has 2 aromatic rings. The molecule has 374 valence electrons. The Morgan fingerprint density at radius 2 is 1.21 bits per heavy atom. The second kappa shape index (κ2) is 21.9. The van der Waals surface area contributed by atoms with Gasteiger partial charge in [0.25, 0.3) is 58.2 Å². The Kier molecular flexibility index (Phi) is 17.8. The lowest BCUT2D eigenvalue weighted by Gasteiger charge is -2.27. The fourth-order valence-corrected chi connectivity index (χ4v) is 9.88. The Morgan fingerprint density at radius 1 is 0.647 bits per heavy atom. The van der Waals surface area contributed by atoms with E-state index in [1.54, 1.807) is 67.3 Å². The van der Waals surface area contributed by atoms with E-state index in [1.165, 1.54) is 12.1 Å². The molecule has 0 unspecified atom stereocenters. The molecule has 8 N–H and O–H groups in total. The molecule has 4 rings (SSSR count). The molecule has 2 aliphatic heterocycles. The van der Waals surface area contributed by atoms with Crippen LogP contribution in [0, 0.1) is 0 Å². The van der Waals surface area contributed by atoms with Crippen molar-refractivity contribution in [3.63, 3.8) is 0 Å². The number of anilines is 1. The molecule has 22 nitrogen and oxygen atoms in total. The van der Waals surface area contributed by atoms with Crippen molar-refractivity contribution in [2.24, 2.45) is 0 Å². The smallest absolute Gasteiger partial charge is 0.303 e. The van der Waals surface area contributed by atoms with Crippen LogP contribution in [0.15, 0.2) is 66.4 Å². The third-order valence-electron chi connectivity index (χ3n) is 11.0. The first-order valence-corrected chi connectivity index (χ1v) is 27.4. The van der Waals surface area contributed by atoms with Crippen molar-refractivity contribution in [1.82, 2.24) is 16.0 Å². The van der Waals surface area contributed by atoms with Crippen molar-refractivity contribution in [3.8, 4) is 0 Å². The van der Waals surface area contributed by atoms with Crippen LogP contribution in [0.5, 0.6) is 0 Å². The molecule has 0 bridgehead atoms. The first-order chi connectivity index (χ1) is 31.3. The lowest BCUT2D eigenvalue weighted by molar-refractivity contribution is -0.437. The van der Waals surface area contributed by atoms with Gasteiger partial charge in [-0.1, -0.05) is 38.1 Å². The predicted molar refractivity (Wildman–Crippen MR) is 251 cm³/mol. The number of fused-ring (bicyclic) bond motifs is 2. The number of allylic oxidation sites excluding steroid dienone is 6. The minimum Gasteiger partial charge on any atom is -0.481 e. The van der Waals surface area contributed by atoms with Gasteiger partial charge >= 0.3 is 5.97 Å². The average molecular weight is 1030 g/mol. The third kappa shape index (κ3) is 15.1. The van der Waals surface area contributed by atoms with Gasteiger partial charge in [0.2, 0.25) is 5.69 Å². The molecule has 0 aromatic heterocycles. The lowest BCUT2D eigenvalue weighted by atomic mass is 9.78. The molecule has 0 spiro atoms. The Morgan fingerprint density at radius 3 is 1.79 bits per heavy atom. The fraction of sp³-hybridized carbons (Fsp3) is 0.452. The highest BCUT2D eigenvalue weighted by atomic mass is 32.2. The summed E-state index contributed by atoms with van der Waals surface area (Å²) in [5.74, 6) is -6.07. The molecule has 68 heavy (non-hydrogen) atoms. The van der Waals surface area contributed by atoms with Crippen molar-refractivity contribution in [3.05, 3.63) is 94.2 Å². The van der Waals surface area contributed by atoms with Crippen molar-refractivity contribution >= 4 is 81.2 Å². The van der Waals surface area contributed by atoms with Gasteiger partial charge in [-0.25, -0.2) is 0 Å². The van der Waals surface area contributed by atoms with E-state index in [9.17, 15) is 71.1 Å². The van der Waals surface area contributed by atoms with Crippen LogP contribution >= 0.6 is 0 Å². The summed E-state index contributed by atoms with van der Waals surface area (Å²) in [4.78, 5) is 53.3. The van der Waals surface area contributed by atoms with Gasteiger partial charge in [0.15, 0.2) is 5.71 Å². The molecular weight excluding hydrogens is 975 g/mol. The van der Waals surface area contributed by atoms with E-state index in [0.29, 0.717) is 33.8 Å². The Bertz CT molecular complexity index is 2900. The van der Waals surface area contributed by atoms with Gasteiger partial charge in [0.05, 0.1) is 39.6 Å². The monoisotopic (exact) mass is 1030 g/mol. The molecule has 3 amide bonds. The average Bonchev–Trinajstić information content (AvgIpc) is 3.54. The molecule has 0 saturated carbocycles. The summed E-state index contributed by atoms with van der Waals surface area (Å²) in [5.41, 5.74) is 0.848. The van der Waals surface area contributed by atoms with Crippen LogP contribution in [0.2, 0.25) is 0 Å². The number of carbonyl (C=O) groups is 4. The van der Waals surface area contributed by atoms with E-state index in [0.717, 1.165) is 0 Å². The number of carboxylic acid groups (broad SMARTS) is 1. The number of hydrogen-bond acceptors (Lipinski definition) is 13. The van der Waals surface area contributed by atoms with Gasteiger partial charge in [-0.05, 0) is 51.0 Å². The van der Waals surface area contributed by atoms with Crippen LogP contribution in [0.1, 0.15) is 95.6 Å². The molecule has 2 aromatic carbocycles. The van der Waals surface area contributed by atoms with E-state index < -0.39 is 111 Å². The lowest BCUT2D eigenvalue weighted by Crippen LogP contribution is -2.32. The second-order valence-corrected chi connectivity index (χ2v) is 23.3. The molecule has 26 heteroatoms. The number of benzene rings is 2. The van der Waals surface area contributed by atoms with Gasteiger partial charge in [0, 0.05) is 84.7 Å². The molecule has 0 fully saturated rings.